The summed E-state index contributed by atoms with van der Waals surface area (Å²) in [5.41, 5.74) is -0.908. The Morgan fingerprint density at radius 3 is 2.75 bits per heavy atom. The van der Waals surface area contributed by atoms with Gasteiger partial charge in [-0.05, 0) is 24.7 Å². The highest BCUT2D eigenvalue weighted by atomic mass is 79.9. The van der Waals surface area contributed by atoms with Gasteiger partial charge in [-0.15, -0.1) is 0 Å². The summed E-state index contributed by atoms with van der Waals surface area (Å²) in [5.74, 6) is 0.177. The summed E-state index contributed by atoms with van der Waals surface area (Å²) in [6.45, 7) is 2.92. The van der Waals surface area contributed by atoms with Crippen molar-refractivity contribution in [3.05, 3.63) is 34.1 Å². The van der Waals surface area contributed by atoms with E-state index in [1.54, 1.807) is 0 Å². The van der Waals surface area contributed by atoms with Crippen molar-refractivity contribution in [3.63, 3.8) is 0 Å². The Labute approximate surface area is 121 Å². The highest BCUT2D eigenvalue weighted by Crippen LogP contribution is 2.37. The zero-order valence-corrected chi connectivity index (χ0v) is 12.0. The van der Waals surface area contributed by atoms with Gasteiger partial charge < -0.3 is 9.84 Å². The molecule has 0 aliphatic carbocycles. The Morgan fingerprint density at radius 2 is 2.10 bits per heavy atom. The first-order chi connectivity index (χ1) is 9.41. The SMILES string of the molecule is CCNCc1nc(-c2ccc(Br)cc2C(F)(F)F)no1. The smallest absolute Gasteiger partial charge is 0.338 e. The summed E-state index contributed by atoms with van der Waals surface area (Å²) in [7, 11) is 0. The number of alkyl halides is 3. The van der Waals surface area contributed by atoms with Gasteiger partial charge in [0.05, 0.1) is 12.1 Å². The van der Waals surface area contributed by atoms with Gasteiger partial charge in [-0.25, -0.2) is 0 Å². The molecule has 0 bridgehead atoms. The lowest BCUT2D eigenvalue weighted by Gasteiger charge is -2.10. The lowest BCUT2D eigenvalue weighted by atomic mass is 10.1. The van der Waals surface area contributed by atoms with Gasteiger partial charge in [0.2, 0.25) is 11.7 Å². The predicted octanol–water partition coefficient (Wildman–Crippen LogP) is 3.63. The first-order valence-corrected chi connectivity index (χ1v) is 6.61. The van der Waals surface area contributed by atoms with Gasteiger partial charge in [-0.1, -0.05) is 28.0 Å². The van der Waals surface area contributed by atoms with E-state index in [0.29, 0.717) is 17.6 Å². The molecule has 2 rings (SSSR count). The molecule has 4 nitrogen and oxygen atoms in total. The number of benzene rings is 1. The number of hydrogen-bond donors (Lipinski definition) is 1. The molecule has 1 N–H and O–H groups in total. The molecule has 2 aromatic rings. The molecule has 20 heavy (non-hydrogen) atoms. The van der Waals surface area contributed by atoms with Gasteiger partial charge in [-0.3, -0.25) is 0 Å². The van der Waals surface area contributed by atoms with Crippen LogP contribution in [0.15, 0.2) is 27.2 Å². The Morgan fingerprint density at radius 1 is 1.35 bits per heavy atom. The third-order valence-corrected chi connectivity index (χ3v) is 3.02. The average molecular weight is 350 g/mol. The van der Waals surface area contributed by atoms with Crippen LogP contribution in [0.25, 0.3) is 11.4 Å². The fourth-order valence-corrected chi connectivity index (χ4v) is 1.98. The van der Waals surface area contributed by atoms with E-state index >= 15 is 0 Å². The molecular formula is C12H11BrF3N3O. The van der Waals surface area contributed by atoms with E-state index < -0.39 is 11.7 Å². The van der Waals surface area contributed by atoms with Crippen molar-refractivity contribution in [3.8, 4) is 11.4 Å². The minimum Gasteiger partial charge on any atom is -0.338 e. The zero-order valence-electron chi connectivity index (χ0n) is 10.5. The van der Waals surface area contributed by atoms with Crippen LogP contribution in [0.2, 0.25) is 0 Å². The summed E-state index contributed by atoms with van der Waals surface area (Å²) in [5, 5.41) is 6.56. The van der Waals surface area contributed by atoms with E-state index in [4.69, 9.17) is 4.52 Å². The molecule has 0 saturated heterocycles. The lowest BCUT2D eigenvalue weighted by molar-refractivity contribution is -0.137. The van der Waals surface area contributed by atoms with Crippen molar-refractivity contribution in [2.24, 2.45) is 0 Å². The quantitative estimate of drug-likeness (QED) is 0.915. The zero-order chi connectivity index (χ0) is 14.8. The third kappa shape index (κ3) is 3.37. The Bertz CT molecular complexity index is 598. The average Bonchev–Trinajstić information content (AvgIpc) is 2.84. The van der Waals surface area contributed by atoms with Crippen LogP contribution in [0.1, 0.15) is 18.4 Å². The fraction of sp³-hybridized carbons (Fsp3) is 0.333. The maximum absolute atomic E-state index is 13.0. The molecular weight excluding hydrogens is 339 g/mol. The predicted molar refractivity (Wildman–Crippen MR) is 69.8 cm³/mol. The van der Waals surface area contributed by atoms with E-state index in [1.165, 1.54) is 12.1 Å². The second-order valence-electron chi connectivity index (χ2n) is 3.98. The summed E-state index contributed by atoms with van der Waals surface area (Å²) < 4.78 is 44.3. The van der Waals surface area contributed by atoms with Gasteiger partial charge in [0, 0.05) is 10.0 Å². The van der Waals surface area contributed by atoms with Crippen LogP contribution < -0.4 is 5.32 Å². The molecule has 1 heterocycles. The van der Waals surface area contributed by atoms with Crippen molar-refractivity contribution >= 4 is 15.9 Å². The molecule has 1 aromatic carbocycles. The van der Waals surface area contributed by atoms with Crippen LogP contribution >= 0.6 is 15.9 Å². The van der Waals surface area contributed by atoms with Crippen LogP contribution in [-0.4, -0.2) is 16.7 Å². The van der Waals surface area contributed by atoms with Crippen LogP contribution in [0.5, 0.6) is 0 Å². The number of aromatic nitrogens is 2. The lowest BCUT2D eigenvalue weighted by Crippen LogP contribution is -2.12. The molecule has 0 fully saturated rings. The van der Waals surface area contributed by atoms with Gasteiger partial charge in [0.25, 0.3) is 0 Å². The van der Waals surface area contributed by atoms with Crippen LogP contribution in [0.3, 0.4) is 0 Å². The highest BCUT2D eigenvalue weighted by molar-refractivity contribution is 9.10. The second kappa shape index (κ2) is 5.92. The van der Waals surface area contributed by atoms with Gasteiger partial charge in [-0.2, -0.15) is 18.2 Å². The van der Waals surface area contributed by atoms with E-state index in [0.717, 1.165) is 6.07 Å². The van der Waals surface area contributed by atoms with Crippen LogP contribution in [0.4, 0.5) is 13.2 Å². The van der Waals surface area contributed by atoms with Crippen LogP contribution in [-0.2, 0) is 12.7 Å². The van der Waals surface area contributed by atoms with Crippen molar-refractivity contribution in [1.82, 2.24) is 15.5 Å². The highest BCUT2D eigenvalue weighted by Gasteiger charge is 2.35. The van der Waals surface area contributed by atoms with Crippen molar-refractivity contribution in [2.45, 2.75) is 19.6 Å². The monoisotopic (exact) mass is 349 g/mol. The molecule has 0 radical (unpaired) electrons. The van der Waals surface area contributed by atoms with Crippen molar-refractivity contribution < 1.29 is 17.7 Å². The molecule has 0 unspecified atom stereocenters. The molecule has 0 aliphatic heterocycles. The van der Waals surface area contributed by atoms with E-state index in [9.17, 15) is 13.2 Å². The van der Waals surface area contributed by atoms with Crippen LogP contribution in [0, 0.1) is 0 Å². The number of nitrogens with zero attached hydrogens (tertiary/aromatic N) is 2. The summed E-state index contributed by atoms with van der Waals surface area (Å²) in [6.07, 6.45) is -4.48. The number of halogens is 4. The molecule has 0 atom stereocenters. The Kier molecular flexibility index (Phi) is 4.44. The molecule has 0 amide bonds. The maximum Gasteiger partial charge on any atom is 0.417 e. The molecule has 0 spiro atoms. The van der Waals surface area contributed by atoms with E-state index in [-0.39, 0.29) is 17.3 Å². The van der Waals surface area contributed by atoms with Gasteiger partial charge in [0.1, 0.15) is 0 Å². The van der Waals surface area contributed by atoms with E-state index in [2.05, 4.69) is 31.4 Å². The molecule has 108 valence electrons. The summed E-state index contributed by atoms with van der Waals surface area (Å²) >= 11 is 3.03. The number of nitrogens with one attached hydrogen (secondary N) is 1. The topological polar surface area (TPSA) is 51.0 Å². The Balaban J connectivity index is 2.39. The van der Waals surface area contributed by atoms with Gasteiger partial charge in [0.15, 0.2) is 0 Å². The van der Waals surface area contributed by atoms with Gasteiger partial charge >= 0.3 is 6.18 Å². The standard InChI is InChI=1S/C12H11BrF3N3O/c1-2-17-6-10-18-11(19-20-10)8-4-3-7(13)5-9(8)12(14,15)16/h3-5,17H,2,6H2,1H3. The van der Waals surface area contributed by atoms with Crippen molar-refractivity contribution in [2.75, 3.05) is 6.54 Å². The second-order valence-corrected chi connectivity index (χ2v) is 4.90. The summed E-state index contributed by atoms with van der Waals surface area (Å²) in [6, 6.07) is 3.81. The first kappa shape index (κ1) is 15.0. The van der Waals surface area contributed by atoms with Crippen molar-refractivity contribution in [1.29, 1.82) is 0 Å². The molecule has 8 heteroatoms. The number of rotatable bonds is 4. The largest absolute Gasteiger partial charge is 0.417 e. The normalized spacial score (nSPS) is 11.8. The maximum atomic E-state index is 13.0. The minimum absolute atomic E-state index is 0.0715. The fourth-order valence-electron chi connectivity index (χ4n) is 1.61. The van der Waals surface area contributed by atoms with E-state index in [1.807, 2.05) is 6.92 Å². The first-order valence-electron chi connectivity index (χ1n) is 5.82. The molecule has 0 saturated carbocycles. The summed E-state index contributed by atoms with van der Waals surface area (Å²) in [4.78, 5) is 3.97. The Hall–Kier alpha value is -1.41. The molecule has 1 aromatic heterocycles. The molecule has 0 aliphatic rings. The minimum atomic E-state index is -4.48. The number of hydrogen-bond acceptors (Lipinski definition) is 4. The third-order valence-electron chi connectivity index (χ3n) is 2.52.